The van der Waals surface area contributed by atoms with Crippen LogP contribution in [0.2, 0.25) is 0 Å². The van der Waals surface area contributed by atoms with E-state index in [1.807, 2.05) is 0 Å². The lowest BCUT2D eigenvalue weighted by molar-refractivity contribution is 0.630. The zero-order valence-corrected chi connectivity index (χ0v) is 43.9. The summed E-state index contributed by atoms with van der Waals surface area (Å²) in [5.41, 5.74) is 31.6. The van der Waals surface area contributed by atoms with E-state index < -0.39 is 5.41 Å². The Morgan fingerprint density at radius 3 is 1.53 bits per heavy atom. The zero-order chi connectivity index (χ0) is 50.6. The molecule has 10 aromatic carbocycles. The second kappa shape index (κ2) is 15.8. The lowest BCUT2D eigenvalue weighted by Gasteiger charge is -2.35. The van der Waals surface area contributed by atoms with Gasteiger partial charge in [-0.25, -0.2) is 0 Å². The summed E-state index contributed by atoms with van der Waals surface area (Å²) in [6.45, 7) is 9.63. The normalized spacial score (nSPS) is 14.8. The number of rotatable bonds is 6. The summed E-state index contributed by atoms with van der Waals surface area (Å²) < 4.78 is 2.53. The van der Waals surface area contributed by atoms with Gasteiger partial charge in [0.1, 0.15) is 39.2 Å². The lowest BCUT2D eigenvalue weighted by atomic mass is 9.59. The number of benzene rings is 10. The molecule has 2 aliphatic carbocycles. The molecule has 14 rings (SSSR count). The van der Waals surface area contributed by atoms with E-state index in [1.54, 1.807) is 0 Å². The molecule has 3 aliphatic rings. The Morgan fingerprint density at radius 1 is 0.365 bits per heavy atom. The molecule has 0 saturated heterocycles. The third-order valence-electron chi connectivity index (χ3n) is 18.4. The number of fused-ring (bicyclic) bond motifs is 11. The summed E-state index contributed by atoms with van der Waals surface area (Å²) in [6, 6.07) is 76.4. The monoisotopic (exact) mass is 942 g/mol. The highest BCUT2D eigenvalue weighted by atomic mass is 15.1. The molecule has 0 N–H and O–H groups in total. The molecule has 0 radical (unpaired) electrons. The van der Waals surface area contributed by atoms with E-state index >= 15 is 0 Å². The van der Waals surface area contributed by atoms with Crippen molar-refractivity contribution in [1.29, 1.82) is 0 Å². The highest BCUT2D eigenvalue weighted by Crippen LogP contribution is 2.58. The summed E-state index contributed by atoms with van der Waals surface area (Å²) in [5.74, 6) is 0. The van der Waals surface area contributed by atoms with Crippen molar-refractivity contribution in [3.8, 4) is 39.1 Å². The molecule has 2 heterocycles. The predicted molar refractivity (Wildman–Crippen MR) is 329 cm³/mol. The van der Waals surface area contributed by atoms with Crippen molar-refractivity contribution in [1.82, 2.24) is 4.57 Å². The van der Waals surface area contributed by atoms with Gasteiger partial charge in [-0.1, -0.05) is 184 Å². The van der Waals surface area contributed by atoms with E-state index in [2.05, 4.69) is 277 Å². The minimum absolute atomic E-state index is 0.146. The Kier molecular flexibility index (Phi) is 9.57. The van der Waals surface area contributed by atoms with Crippen LogP contribution in [0.15, 0.2) is 200 Å². The Labute approximate surface area is 440 Å². The maximum absolute atomic E-state index is 2.54. The summed E-state index contributed by atoms with van der Waals surface area (Å²) >= 11 is 0. The molecule has 7 heteroatoms. The van der Waals surface area contributed by atoms with Crippen LogP contribution >= 0.6 is 0 Å². The average molecular weight is 942 g/mol. The van der Waals surface area contributed by atoms with Crippen LogP contribution in [0.5, 0.6) is 0 Å². The second-order valence-corrected chi connectivity index (χ2v) is 22.6. The fraction of sp³-hybridized carbons (Fsp3) is 0.104. The van der Waals surface area contributed by atoms with Crippen molar-refractivity contribution in [2.24, 2.45) is 0 Å². The Hall–Kier alpha value is -7.88. The molecule has 11 aromatic rings. The van der Waals surface area contributed by atoms with Gasteiger partial charge in [-0.15, -0.1) is 16.4 Å². The maximum Gasteiger partial charge on any atom is 0.139 e. The first kappa shape index (κ1) is 44.8. The molecule has 0 atom stereocenters. The summed E-state index contributed by atoms with van der Waals surface area (Å²) in [4.78, 5) is 2.54. The van der Waals surface area contributed by atoms with Crippen LogP contribution in [0.4, 0.5) is 17.1 Å². The first-order chi connectivity index (χ1) is 35.8. The van der Waals surface area contributed by atoms with E-state index in [4.69, 9.17) is 0 Å². The second-order valence-electron chi connectivity index (χ2n) is 22.6. The van der Waals surface area contributed by atoms with Crippen molar-refractivity contribution in [3.63, 3.8) is 0 Å². The third-order valence-corrected chi connectivity index (χ3v) is 18.4. The lowest BCUT2D eigenvalue weighted by Crippen LogP contribution is -2.55. The van der Waals surface area contributed by atoms with Crippen LogP contribution in [-0.4, -0.2) is 43.8 Å². The summed E-state index contributed by atoms with van der Waals surface area (Å²) in [7, 11) is 11.5. The molecule has 1 aromatic heterocycles. The topological polar surface area (TPSA) is 8.17 Å². The van der Waals surface area contributed by atoms with Crippen LogP contribution in [0.1, 0.15) is 72.2 Å². The molecule has 2 nitrogen and oxygen atoms in total. The zero-order valence-electron chi connectivity index (χ0n) is 43.9. The number of anilines is 3. The first-order valence-corrected chi connectivity index (χ1v) is 26.5. The summed E-state index contributed by atoms with van der Waals surface area (Å²) in [5, 5.41) is 2.53. The van der Waals surface area contributed by atoms with Crippen LogP contribution in [0.25, 0.3) is 60.9 Å². The van der Waals surface area contributed by atoms with Gasteiger partial charge in [-0.2, -0.15) is 0 Å². The van der Waals surface area contributed by atoms with Gasteiger partial charge in [-0.3, -0.25) is 0 Å². The SMILES string of the molecule is Bc1c(B)c(B)c(-c2ccc3c(c2)C(C)(C)c2cc(N(c4ccc5c(c4)C(c4ccccc4)(c4ccccc4)c4ccccc4-5)c4ccc5c(c4)c4cccc6c4n5-c4ccccc4C6(C)C)ccc2-3)c(B)c1B. The van der Waals surface area contributed by atoms with E-state index in [1.165, 1.54) is 133 Å². The highest BCUT2D eigenvalue weighted by Gasteiger charge is 2.47. The molecule has 0 bridgehead atoms. The van der Waals surface area contributed by atoms with Gasteiger partial charge in [-0.05, 0) is 132 Å². The minimum Gasteiger partial charge on any atom is -0.310 e. The quantitative estimate of drug-likeness (QED) is 0.152. The van der Waals surface area contributed by atoms with E-state index in [0.29, 0.717) is 0 Å². The smallest absolute Gasteiger partial charge is 0.139 e. The van der Waals surface area contributed by atoms with Crippen LogP contribution in [-0.2, 0) is 16.2 Å². The Morgan fingerprint density at radius 2 is 0.851 bits per heavy atom. The van der Waals surface area contributed by atoms with Crippen molar-refractivity contribution in [2.75, 3.05) is 4.90 Å². The Bertz CT molecular complexity index is 4140. The number of hydrogen-bond acceptors (Lipinski definition) is 1. The highest BCUT2D eigenvalue weighted by molar-refractivity contribution is 6.68. The van der Waals surface area contributed by atoms with E-state index in [0.717, 1.165) is 17.1 Å². The standard InChI is InChI=1S/C67H55B5N2/c1-65(2)51-23-13-14-25-57(51)74-56-33-29-41(35-49(56)48-21-15-24-52(65)64(48)74)73(42-27-31-46-45-30-26-38(34-53(45)66(3,4)54(46)36-42)58-59(68)61(70)63(72)62(71)60(58)69)43-28-32-47-44-20-11-12-22-50(44)67(55(47)37-43,39-16-7-5-8-17-39)40-18-9-6-10-19-40/h5-37H,68-72H2,1-4H3. The third kappa shape index (κ3) is 5.90. The first-order valence-electron chi connectivity index (χ1n) is 26.5. The number of aromatic nitrogens is 1. The number of para-hydroxylation sites is 2. The average Bonchev–Trinajstić information content (AvgIpc) is 4.00. The van der Waals surface area contributed by atoms with E-state index in [-0.39, 0.29) is 10.8 Å². The molecule has 0 fully saturated rings. The molecule has 0 spiro atoms. The molecular formula is C67H55B5N2. The number of hydrogen-bond donors (Lipinski definition) is 0. The van der Waals surface area contributed by atoms with Crippen molar-refractivity contribution < 1.29 is 0 Å². The summed E-state index contributed by atoms with van der Waals surface area (Å²) in [6.07, 6.45) is 0. The van der Waals surface area contributed by atoms with Gasteiger partial charge >= 0.3 is 0 Å². The van der Waals surface area contributed by atoms with Crippen molar-refractivity contribution >= 4 is 105 Å². The molecule has 0 amide bonds. The van der Waals surface area contributed by atoms with Gasteiger partial charge < -0.3 is 9.47 Å². The Balaban J connectivity index is 1.01. The maximum atomic E-state index is 2.54. The molecule has 1 aliphatic heterocycles. The fourth-order valence-corrected chi connectivity index (χ4v) is 14.3. The largest absolute Gasteiger partial charge is 0.310 e. The van der Waals surface area contributed by atoms with Crippen LogP contribution < -0.4 is 32.2 Å². The van der Waals surface area contributed by atoms with Crippen molar-refractivity contribution in [3.05, 3.63) is 245 Å². The van der Waals surface area contributed by atoms with Gasteiger partial charge in [0, 0.05) is 38.7 Å². The molecule has 0 unspecified atom stereocenters. The van der Waals surface area contributed by atoms with Gasteiger partial charge in [0.05, 0.1) is 22.1 Å². The van der Waals surface area contributed by atoms with Gasteiger partial charge in [0.25, 0.3) is 0 Å². The van der Waals surface area contributed by atoms with Crippen molar-refractivity contribution in [2.45, 2.75) is 43.9 Å². The van der Waals surface area contributed by atoms with Crippen LogP contribution in [0.3, 0.4) is 0 Å². The van der Waals surface area contributed by atoms with Gasteiger partial charge in [0.2, 0.25) is 0 Å². The molecule has 0 saturated carbocycles. The fourth-order valence-electron chi connectivity index (χ4n) is 14.3. The molecule has 348 valence electrons. The minimum atomic E-state index is -0.538. The molecular weight excluding hydrogens is 887 g/mol. The molecule has 74 heavy (non-hydrogen) atoms. The predicted octanol–water partition coefficient (Wildman–Crippen LogP) is 8.52. The van der Waals surface area contributed by atoms with Gasteiger partial charge in [0.15, 0.2) is 0 Å². The van der Waals surface area contributed by atoms with Crippen LogP contribution in [0, 0.1) is 0 Å². The number of nitrogens with zero attached hydrogens (tertiary/aromatic N) is 2. The van der Waals surface area contributed by atoms with E-state index in [9.17, 15) is 0 Å².